The summed E-state index contributed by atoms with van der Waals surface area (Å²) in [6.45, 7) is 2.19. The van der Waals surface area contributed by atoms with Crippen molar-refractivity contribution >= 4 is 20.7 Å². The van der Waals surface area contributed by atoms with Crippen molar-refractivity contribution in [2.45, 2.75) is 35.6 Å². The topological polar surface area (TPSA) is 49.9 Å². The maximum Gasteiger partial charge on any atom is 0.221 e. The van der Waals surface area contributed by atoms with Crippen molar-refractivity contribution in [3.8, 4) is 0 Å². The molecule has 1 N–H and O–H groups in total. The van der Waals surface area contributed by atoms with E-state index in [1.54, 1.807) is 12.1 Å². The van der Waals surface area contributed by atoms with E-state index in [1.165, 1.54) is 11.1 Å². The monoisotopic (exact) mass is 311 g/mol. The van der Waals surface area contributed by atoms with Gasteiger partial charge in [-0.3, -0.25) is 0 Å². The fourth-order valence-electron chi connectivity index (χ4n) is 3.29. The molecular formula is C18H17NO2S. The Kier molecular flexibility index (Phi) is 2.91. The highest BCUT2D eigenvalue weighted by Gasteiger charge is 2.24. The Balaban J connectivity index is 1.84. The average Bonchev–Trinajstić information content (AvgIpc) is 3.11. The van der Waals surface area contributed by atoms with E-state index in [0.29, 0.717) is 10.8 Å². The van der Waals surface area contributed by atoms with Crippen LogP contribution in [0.25, 0.3) is 10.9 Å². The van der Waals surface area contributed by atoms with Gasteiger partial charge in [0.1, 0.15) is 5.03 Å². The van der Waals surface area contributed by atoms with Crippen molar-refractivity contribution in [3.63, 3.8) is 0 Å². The normalized spacial score (nSPS) is 17.8. The van der Waals surface area contributed by atoms with Gasteiger partial charge in [-0.05, 0) is 54.2 Å². The molecule has 112 valence electrons. The number of fused-ring (bicyclic) bond motifs is 2. The molecule has 0 radical (unpaired) electrons. The first-order valence-corrected chi connectivity index (χ1v) is 9.00. The lowest BCUT2D eigenvalue weighted by molar-refractivity contribution is 0.593. The van der Waals surface area contributed by atoms with Crippen LogP contribution in [0.1, 0.15) is 30.4 Å². The minimum atomic E-state index is -3.50. The Hall–Kier alpha value is -2.07. The number of benzene rings is 2. The fraction of sp³-hybridized carbons (Fsp3) is 0.222. The molecule has 0 bridgehead atoms. The molecule has 1 unspecified atom stereocenters. The first kappa shape index (κ1) is 13.6. The van der Waals surface area contributed by atoms with Crippen LogP contribution in [0.15, 0.2) is 58.5 Å². The van der Waals surface area contributed by atoms with Gasteiger partial charge in [-0.1, -0.05) is 31.2 Å². The Labute approximate surface area is 129 Å². The zero-order chi connectivity index (χ0) is 15.3. The molecule has 1 heterocycles. The molecule has 1 aromatic heterocycles. The van der Waals surface area contributed by atoms with Gasteiger partial charge in [0.15, 0.2) is 0 Å². The molecule has 2 aromatic carbocycles. The van der Waals surface area contributed by atoms with E-state index in [2.05, 4.69) is 11.9 Å². The lowest BCUT2D eigenvalue weighted by atomic mass is 10.0. The van der Waals surface area contributed by atoms with Crippen LogP contribution in [0.4, 0.5) is 0 Å². The summed E-state index contributed by atoms with van der Waals surface area (Å²) in [7, 11) is -3.50. The largest absolute Gasteiger partial charge is 0.345 e. The van der Waals surface area contributed by atoms with Crippen LogP contribution in [-0.2, 0) is 16.3 Å². The Morgan fingerprint density at radius 2 is 1.91 bits per heavy atom. The van der Waals surface area contributed by atoms with E-state index in [4.69, 9.17) is 0 Å². The fourth-order valence-corrected chi connectivity index (χ4v) is 4.62. The first-order valence-electron chi connectivity index (χ1n) is 7.51. The van der Waals surface area contributed by atoms with E-state index < -0.39 is 9.84 Å². The summed E-state index contributed by atoms with van der Waals surface area (Å²) in [4.78, 5) is 3.40. The Morgan fingerprint density at radius 1 is 1.09 bits per heavy atom. The van der Waals surface area contributed by atoms with Crippen molar-refractivity contribution in [1.29, 1.82) is 0 Å². The predicted molar refractivity (Wildman–Crippen MR) is 86.9 cm³/mol. The Bertz CT molecular complexity index is 937. The van der Waals surface area contributed by atoms with Crippen LogP contribution in [0, 0.1) is 0 Å². The van der Waals surface area contributed by atoms with E-state index >= 15 is 0 Å². The lowest BCUT2D eigenvalue weighted by Gasteiger charge is -2.07. The third kappa shape index (κ3) is 1.98. The van der Waals surface area contributed by atoms with Gasteiger partial charge in [-0.2, -0.15) is 0 Å². The minimum absolute atomic E-state index is 0.264. The highest BCUT2D eigenvalue weighted by molar-refractivity contribution is 7.91. The summed E-state index contributed by atoms with van der Waals surface area (Å²) in [6, 6.07) is 14.9. The molecule has 0 saturated carbocycles. The summed E-state index contributed by atoms with van der Waals surface area (Å²) in [5, 5.41) is 1.18. The summed E-state index contributed by atoms with van der Waals surface area (Å²) >= 11 is 0. The number of H-pyrrole nitrogens is 1. The average molecular weight is 311 g/mol. The number of hydrogen-bond donors (Lipinski definition) is 1. The number of para-hydroxylation sites is 1. The van der Waals surface area contributed by atoms with Gasteiger partial charge in [-0.25, -0.2) is 8.42 Å². The maximum atomic E-state index is 12.9. The quantitative estimate of drug-likeness (QED) is 0.776. The van der Waals surface area contributed by atoms with Gasteiger partial charge < -0.3 is 4.98 Å². The van der Waals surface area contributed by atoms with E-state index in [9.17, 15) is 8.42 Å². The summed E-state index contributed by atoms with van der Waals surface area (Å²) in [6.07, 6.45) is 2.07. The molecule has 0 aliphatic heterocycles. The first-order chi connectivity index (χ1) is 10.6. The molecule has 22 heavy (non-hydrogen) atoms. The van der Waals surface area contributed by atoms with Gasteiger partial charge in [-0.15, -0.1) is 0 Å². The van der Waals surface area contributed by atoms with Gasteiger partial charge in [0.25, 0.3) is 0 Å². The van der Waals surface area contributed by atoms with E-state index in [-0.39, 0.29) is 5.03 Å². The predicted octanol–water partition coefficient (Wildman–Crippen LogP) is 4.05. The molecule has 0 spiro atoms. The van der Waals surface area contributed by atoms with Crippen molar-refractivity contribution < 1.29 is 8.42 Å². The number of hydrogen-bond acceptors (Lipinski definition) is 2. The highest BCUT2D eigenvalue weighted by atomic mass is 32.2. The van der Waals surface area contributed by atoms with Crippen LogP contribution >= 0.6 is 0 Å². The molecular weight excluding hydrogens is 294 g/mol. The van der Waals surface area contributed by atoms with Crippen LogP contribution in [0.2, 0.25) is 0 Å². The summed E-state index contributed by atoms with van der Waals surface area (Å²) < 4.78 is 25.7. The van der Waals surface area contributed by atoms with Crippen molar-refractivity contribution in [2.24, 2.45) is 0 Å². The van der Waals surface area contributed by atoms with Crippen molar-refractivity contribution in [2.75, 3.05) is 0 Å². The van der Waals surface area contributed by atoms with Gasteiger partial charge in [0.05, 0.1) is 4.90 Å². The Morgan fingerprint density at radius 3 is 2.73 bits per heavy atom. The molecule has 4 heteroatoms. The second-order valence-corrected chi connectivity index (χ2v) is 7.94. The number of nitrogens with one attached hydrogen (secondary N) is 1. The number of aryl methyl sites for hydroxylation is 1. The van der Waals surface area contributed by atoms with Crippen LogP contribution < -0.4 is 0 Å². The molecule has 1 atom stereocenters. The highest BCUT2D eigenvalue weighted by Crippen LogP contribution is 2.35. The van der Waals surface area contributed by atoms with Crippen LogP contribution in [0.5, 0.6) is 0 Å². The lowest BCUT2D eigenvalue weighted by Crippen LogP contribution is -2.03. The van der Waals surface area contributed by atoms with Gasteiger partial charge >= 0.3 is 0 Å². The molecule has 4 rings (SSSR count). The van der Waals surface area contributed by atoms with Crippen molar-refractivity contribution in [3.05, 3.63) is 59.7 Å². The van der Waals surface area contributed by atoms with Crippen LogP contribution in [0.3, 0.4) is 0 Å². The minimum Gasteiger partial charge on any atom is -0.345 e. The third-order valence-corrected chi connectivity index (χ3v) is 6.27. The second-order valence-electron chi connectivity index (χ2n) is 6.02. The molecule has 0 saturated heterocycles. The zero-order valence-electron chi connectivity index (χ0n) is 12.3. The summed E-state index contributed by atoms with van der Waals surface area (Å²) in [5.41, 5.74) is 3.30. The molecule has 0 fully saturated rings. The molecule has 3 aromatic rings. The van der Waals surface area contributed by atoms with E-state index in [0.717, 1.165) is 23.7 Å². The molecule has 1 aliphatic rings. The number of aromatic nitrogens is 1. The number of sulfone groups is 1. The zero-order valence-corrected chi connectivity index (χ0v) is 13.2. The van der Waals surface area contributed by atoms with Crippen molar-refractivity contribution in [1.82, 2.24) is 4.98 Å². The molecule has 1 aliphatic carbocycles. The SMILES string of the molecule is CC1CCc2cc(S(=O)(=O)c3cc4ccccc4[nH]3)ccc21. The standard InChI is InChI=1S/C18H17NO2S/c1-12-6-7-13-10-15(8-9-16(12)13)22(20,21)18-11-14-4-2-3-5-17(14)19-18/h2-5,8-12,19H,6-7H2,1H3. The smallest absolute Gasteiger partial charge is 0.221 e. The second kappa shape index (κ2) is 4.71. The van der Waals surface area contributed by atoms with Gasteiger partial charge in [0.2, 0.25) is 9.84 Å². The maximum absolute atomic E-state index is 12.9. The number of aromatic amines is 1. The summed E-state index contributed by atoms with van der Waals surface area (Å²) in [5.74, 6) is 0.528. The van der Waals surface area contributed by atoms with Gasteiger partial charge in [0, 0.05) is 10.9 Å². The third-order valence-electron chi connectivity index (χ3n) is 4.60. The van der Waals surface area contributed by atoms with Crippen LogP contribution in [-0.4, -0.2) is 13.4 Å². The number of rotatable bonds is 2. The molecule has 3 nitrogen and oxygen atoms in total. The van der Waals surface area contributed by atoms with E-state index in [1.807, 2.05) is 36.4 Å². The molecule has 0 amide bonds.